The summed E-state index contributed by atoms with van der Waals surface area (Å²) < 4.78 is 1.24. The van der Waals surface area contributed by atoms with E-state index >= 15 is 0 Å². The Morgan fingerprint density at radius 2 is 1.41 bits per heavy atom. The second-order valence-electron chi connectivity index (χ2n) is 5.10. The van der Waals surface area contributed by atoms with Crippen LogP contribution in [0.25, 0.3) is 0 Å². The van der Waals surface area contributed by atoms with Gasteiger partial charge in [0.1, 0.15) is 6.54 Å². The van der Waals surface area contributed by atoms with Gasteiger partial charge in [0.2, 0.25) is 0 Å². The molecule has 0 radical (unpaired) electrons. The summed E-state index contributed by atoms with van der Waals surface area (Å²) in [5.41, 5.74) is 2.94. The molecule has 1 aliphatic rings. The van der Waals surface area contributed by atoms with Crippen LogP contribution in [0.4, 0.5) is 0 Å². The minimum Gasteiger partial charge on any atom is -0.322 e. The summed E-state index contributed by atoms with van der Waals surface area (Å²) in [6.45, 7) is 10.1. The van der Waals surface area contributed by atoms with Crippen LogP contribution in [0.2, 0.25) is 0 Å². The lowest BCUT2D eigenvalue weighted by Gasteiger charge is -2.29. The van der Waals surface area contributed by atoms with Gasteiger partial charge in [-0.25, -0.2) is 0 Å². The Morgan fingerprint density at radius 3 is 1.88 bits per heavy atom. The highest BCUT2D eigenvalue weighted by molar-refractivity contribution is 5.21. The van der Waals surface area contributed by atoms with Gasteiger partial charge in [-0.1, -0.05) is 45.0 Å². The van der Waals surface area contributed by atoms with Crippen molar-refractivity contribution in [2.24, 2.45) is 0 Å². The zero-order valence-electron chi connectivity index (χ0n) is 12.0. The topological polar surface area (TPSA) is 0 Å². The van der Waals surface area contributed by atoms with Gasteiger partial charge in [-0.05, 0) is 12.0 Å². The molecule has 1 aromatic carbocycles. The van der Waals surface area contributed by atoms with E-state index in [0.29, 0.717) is 0 Å². The first kappa shape index (κ1) is 14.2. The van der Waals surface area contributed by atoms with E-state index in [9.17, 15) is 0 Å². The van der Waals surface area contributed by atoms with Crippen molar-refractivity contribution in [3.05, 3.63) is 35.4 Å². The molecule has 96 valence electrons. The van der Waals surface area contributed by atoms with Crippen molar-refractivity contribution in [3.8, 4) is 0 Å². The number of nitrogens with zero attached hydrogens (tertiary/aromatic N) is 1. The van der Waals surface area contributed by atoms with Crippen LogP contribution in [0.15, 0.2) is 24.3 Å². The molecule has 1 heteroatoms. The van der Waals surface area contributed by atoms with Gasteiger partial charge in [0.15, 0.2) is 0 Å². The second-order valence-corrected chi connectivity index (χ2v) is 5.10. The van der Waals surface area contributed by atoms with Gasteiger partial charge in [-0.3, -0.25) is 0 Å². The quantitative estimate of drug-likeness (QED) is 0.693. The monoisotopic (exact) mass is 234 g/mol. The molecule has 0 aliphatic carbocycles. The summed E-state index contributed by atoms with van der Waals surface area (Å²) in [4.78, 5) is 0. The molecule has 0 aromatic heterocycles. The zero-order valence-corrected chi connectivity index (χ0v) is 12.0. The fourth-order valence-corrected chi connectivity index (χ4v) is 2.58. The largest absolute Gasteiger partial charge is 0.322 e. The average molecular weight is 234 g/mol. The van der Waals surface area contributed by atoms with Gasteiger partial charge in [-0.15, -0.1) is 0 Å². The molecule has 17 heavy (non-hydrogen) atoms. The Bertz CT molecular complexity index is 307. The van der Waals surface area contributed by atoms with Crippen LogP contribution in [0.3, 0.4) is 0 Å². The molecular weight excluding hydrogens is 206 g/mol. The van der Waals surface area contributed by atoms with E-state index in [1.54, 1.807) is 0 Å². The number of aryl methyl sites for hydroxylation is 1. The highest BCUT2D eigenvalue weighted by Crippen LogP contribution is 2.20. The summed E-state index contributed by atoms with van der Waals surface area (Å²) in [6, 6.07) is 9.16. The van der Waals surface area contributed by atoms with Crippen LogP contribution < -0.4 is 0 Å². The molecule has 0 saturated carbocycles. The molecule has 2 rings (SSSR count). The van der Waals surface area contributed by atoms with E-state index in [0.717, 1.165) is 6.42 Å². The normalized spacial score (nSPS) is 17.4. The summed E-state index contributed by atoms with van der Waals surface area (Å²) in [5, 5.41) is 0. The van der Waals surface area contributed by atoms with Gasteiger partial charge in [0.25, 0.3) is 0 Å². The Labute approximate surface area is 107 Å². The first-order valence-electron chi connectivity index (χ1n) is 7.13. The van der Waals surface area contributed by atoms with Crippen molar-refractivity contribution in [1.29, 1.82) is 0 Å². The van der Waals surface area contributed by atoms with Crippen LogP contribution in [0.1, 0.15) is 44.7 Å². The zero-order chi connectivity index (χ0) is 12.7. The number of likely N-dealkylation sites (tertiary alicyclic amines) is 1. The maximum Gasteiger partial charge on any atom is 0.104 e. The third-order valence-corrected chi connectivity index (χ3v) is 3.64. The predicted molar refractivity (Wildman–Crippen MR) is 76.0 cm³/mol. The van der Waals surface area contributed by atoms with Crippen molar-refractivity contribution < 1.29 is 4.48 Å². The highest BCUT2D eigenvalue weighted by atomic mass is 15.3. The lowest BCUT2D eigenvalue weighted by Crippen LogP contribution is -2.39. The SMILES string of the molecule is CC.CCc1ccc(C[N+]2(C)CCCC2)cc1. The van der Waals surface area contributed by atoms with Gasteiger partial charge in [0, 0.05) is 18.4 Å². The lowest BCUT2D eigenvalue weighted by atomic mass is 10.1. The number of hydrogen-bond acceptors (Lipinski definition) is 0. The van der Waals surface area contributed by atoms with Crippen molar-refractivity contribution in [2.45, 2.75) is 46.6 Å². The molecular formula is C16H28N+. The number of quaternary nitrogens is 1. The summed E-state index contributed by atoms with van der Waals surface area (Å²) in [5.74, 6) is 0. The Balaban J connectivity index is 0.000000686. The minimum atomic E-state index is 1.15. The molecule has 0 unspecified atom stereocenters. The summed E-state index contributed by atoms with van der Waals surface area (Å²) in [7, 11) is 2.39. The molecule has 1 heterocycles. The third-order valence-electron chi connectivity index (χ3n) is 3.64. The highest BCUT2D eigenvalue weighted by Gasteiger charge is 2.26. The Hall–Kier alpha value is -0.820. The molecule has 0 spiro atoms. The third kappa shape index (κ3) is 4.16. The van der Waals surface area contributed by atoms with Crippen LogP contribution in [0.5, 0.6) is 0 Å². The van der Waals surface area contributed by atoms with Crippen LogP contribution in [-0.4, -0.2) is 24.6 Å². The first-order chi connectivity index (χ1) is 8.22. The van der Waals surface area contributed by atoms with Crippen molar-refractivity contribution in [3.63, 3.8) is 0 Å². The second kappa shape index (κ2) is 6.80. The fraction of sp³-hybridized carbons (Fsp3) is 0.625. The molecule has 0 N–H and O–H groups in total. The van der Waals surface area contributed by atoms with Crippen LogP contribution >= 0.6 is 0 Å². The van der Waals surface area contributed by atoms with E-state index in [2.05, 4.69) is 38.2 Å². The Kier molecular flexibility index (Phi) is 5.70. The molecule has 1 aromatic rings. The van der Waals surface area contributed by atoms with Gasteiger partial charge in [-0.2, -0.15) is 0 Å². The van der Waals surface area contributed by atoms with E-state index in [1.165, 1.54) is 48.1 Å². The fourth-order valence-electron chi connectivity index (χ4n) is 2.58. The molecule has 1 aliphatic heterocycles. The molecule has 0 bridgehead atoms. The lowest BCUT2D eigenvalue weighted by molar-refractivity contribution is -0.910. The van der Waals surface area contributed by atoms with E-state index < -0.39 is 0 Å². The first-order valence-corrected chi connectivity index (χ1v) is 7.13. The van der Waals surface area contributed by atoms with Gasteiger partial charge in [0.05, 0.1) is 20.1 Å². The Morgan fingerprint density at radius 1 is 0.941 bits per heavy atom. The van der Waals surface area contributed by atoms with Gasteiger partial charge >= 0.3 is 0 Å². The average Bonchev–Trinajstić information content (AvgIpc) is 2.79. The van der Waals surface area contributed by atoms with Crippen LogP contribution in [-0.2, 0) is 13.0 Å². The van der Waals surface area contributed by atoms with Crippen LogP contribution in [0, 0.1) is 0 Å². The predicted octanol–water partition coefficient (Wildman–Crippen LogP) is 4.02. The van der Waals surface area contributed by atoms with E-state index in [4.69, 9.17) is 0 Å². The van der Waals surface area contributed by atoms with Crippen molar-refractivity contribution >= 4 is 0 Å². The minimum absolute atomic E-state index is 1.15. The number of rotatable bonds is 3. The maximum atomic E-state index is 2.39. The molecule has 0 amide bonds. The maximum absolute atomic E-state index is 2.39. The molecule has 1 fully saturated rings. The van der Waals surface area contributed by atoms with E-state index in [1.807, 2.05) is 13.8 Å². The molecule has 1 nitrogen and oxygen atoms in total. The standard InChI is InChI=1S/C14H22N.C2H6/c1-3-13-6-8-14(9-7-13)12-15(2)10-4-5-11-15;1-2/h6-9H,3-5,10-12H2,1-2H3;1-2H3/q+1;. The smallest absolute Gasteiger partial charge is 0.104 e. The van der Waals surface area contributed by atoms with Crippen molar-refractivity contribution in [1.82, 2.24) is 0 Å². The van der Waals surface area contributed by atoms with Gasteiger partial charge < -0.3 is 4.48 Å². The molecule has 0 atom stereocenters. The van der Waals surface area contributed by atoms with Crippen molar-refractivity contribution in [2.75, 3.05) is 20.1 Å². The number of hydrogen-bond donors (Lipinski definition) is 0. The summed E-state index contributed by atoms with van der Waals surface area (Å²) >= 11 is 0. The number of benzene rings is 1. The molecule has 1 saturated heterocycles. The summed E-state index contributed by atoms with van der Waals surface area (Å²) in [6.07, 6.45) is 3.96. The van der Waals surface area contributed by atoms with E-state index in [-0.39, 0.29) is 0 Å².